The predicted molar refractivity (Wildman–Crippen MR) is 79.7 cm³/mol. The number of hydrogen-bond acceptors (Lipinski definition) is 5. The highest BCUT2D eigenvalue weighted by atomic mass is 32.2. The first kappa shape index (κ1) is 15.6. The molecule has 0 fully saturated rings. The lowest BCUT2D eigenvalue weighted by Gasteiger charge is -2.11. The van der Waals surface area contributed by atoms with Crippen LogP contribution in [0.4, 0.5) is 0 Å². The van der Waals surface area contributed by atoms with Crippen molar-refractivity contribution in [3.8, 4) is 0 Å². The number of nitrogens with one attached hydrogen (secondary N) is 1. The van der Waals surface area contributed by atoms with Gasteiger partial charge in [-0.25, -0.2) is 13.1 Å². The molecule has 0 radical (unpaired) electrons. The molecule has 2 rings (SSSR count). The van der Waals surface area contributed by atoms with Gasteiger partial charge in [0.2, 0.25) is 10.0 Å². The molecule has 0 bridgehead atoms. The first-order valence-corrected chi connectivity index (χ1v) is 8.13. The van der Waals surface area contributed by atoms with Gasteiger partial charge in [-0.05, 0) is 36.2 Å². The van der Waals surface area contributed by atoms with Crippen LogP contribution in [0.3, 0.4) is 0 Å². The maximum Gasteiger partial charge on any atom is 0.240 e. The molecule has 1 heterocycles. The lowest BCUT2D eigenvalue weighted by atomic mass is 10.1. The Morgan fingerprint density at radius 1 is 1.29 bits per heavy atom. The zero-order chi connectivity index (χ0) is 15.3. The van der Waals surface area contributed by atoms with Crippen LogP contribution in [0.5, 0.6) is 0 Å². The summed E-state index contributed by atoms with van der Waals surface area (Å²) < 4.78 is 27.0. The normalized spacial score (nSPS) is 13.0. The van der Waals surface area contributed by atoms with E-state index in [1.165, 1.54) is 6.20 Å². The van der Waals surface area contributed by atoms with Crippen LogP contribution in [-0.2, 0) is 16.6 Å². The molecule has 1 unspecified atom stereocenters. The van der Waals surface area contributed by atoms with E-state index in [9.17, 15) is 8.42 Å². The lowest BCUT2D eigenvalue weighted by molar-refractivity contribution is 0.579. The molecule has 2 aromatic rings. The van der Waals surface area contributed by atoms with E-state index in [2.05, 4.69) is 14.9 Å². The largest absolute Gasteiger partial charge is 0.324 e. The van der Waals surface area contributed by atoms with Crippen LogP contribution in [-0.4, -0.2) is 18.6 Å². The van der Waals surface area contributed by atoms with E-state index in [0.717, 1.165) is 12.0 Å². The van der Waals surface area contributed by atoms with E-state index in [0.29, 0.717) is 5.69 Å². The smallest absolute Gasteiger partial charge is 0.240 e. The fraction of sp³-hybridized carbons (Fsp3) is 0.286. The topological polar surface area (TPSA) is 98.0 Å². The van der Waals surface area contributed by atoms with Crippen LogP contribution in [0.15, 0.2) is 47.5 Å². The molecule has 21 heavy (non-hydrogen) atoms. The molecule has 3 N–H and O–H groups in total. The average molecular weight is 306 g/mol. The van der Waals surface area contributed by atoms with Gasteiger partial charge in [0.1, 0.15) is 0 Å². The molecule has 1 aromatic heterocycles. The van der Waals surface area contributed by atoms with Crippen LogP contribution < -0.4 is 10.5 Å². The summed E-state index contributed by atoms with van der Waals surface area (Å²) in [7, 11) is -3.60. The van der Waals surface area contributed by atoms with E-state index in [-0.39, 0.29) is 17.5 Å². The summed E-state index contributed by atoms with van der Waals surface area (Å²) in [6.07, 6.45) is 2.28. The van der Waals surface area contributed by atoms with Crippen LogP contribution in [0.1, 0.15) is 30.6 Å². The van der Waals surface area contributed by atoms with E-state index >= 15 is 0 Å². The van der Waals surface area contributed by atoms with Gasteiger partial charge in [0.05, 0.1) is 17.1 Å². The van der Waals surface area contributed by atoms with Gasteiger partial charge >= 0.3 is 0 Å². The summed E-state index contributed by atoms with van der Waals surface area (Å²) in [5, 5.41) is 7.54. The molecule has 1 aromatic carbocycles. The standard InChI is InChI=1S/C14H18N4O2S/c1-2-14(15)11-5-3-7-13(9-11)21(19,20)17-10-12-6-4-8-16-18-12/h3-9,14,17H,2,10,15H2,1H3. The highest BCUT2D eigenvalue weighted by Gasteiger charge is 2.15. The van der Waals surface area contributed by atoms with Gasteiger partial charge in [-0.2, -0.15) is 10.2 Å². The first-order valence-electron chi connectivity index (χ1n) is 6.64. The molecule has 112 valence electrons. The van der Waals surface area contributed by atoms with Gasteiger partial charge in [-0.15, -0.1) is 0 Å². The van der Waals surface area contributed by atoms with Crippen LogP contribution in [0.25, 0.3) is 0 Å². The molecule has 0 aliphatic rings. The van der Waals surface area contributed by atoms with Crippen molar-refractivity contribution in [2.24, 2.45) is 5.73 Å². The Bertz CT molecular complexity index is 689. The second kappa shape index (κ2) is 6.75. The highest BCUT2D eigenvalue weighted by molar-refractivity contribution is 7.89. The molecule has 0 saturated carbocycles. The fourth-order valence-electron chi connectivity index (χ4n) is 1.83. The van der Waals surface area contributed by atoms with Crippen LogP contribution in [0, 0.1) is 0 Å². The number of rotatable bonds is 6. The Morgan fingerprint density at radius 3 is 2.76 bits per heavy atom. The van der Waals surface area contributed by atoms with Crippen molar-refractivity contribution in [1.29, 1.82) is 0 Å². The monoisotopic (exact) mass is 306 g/mol. The maximum absolute atomic E-state index is 12.3. The Labute approximate surface area is 124 Å². The van der Waals surface area contributed by atoms with Crippen molar-refractivity contribution < 1.29 is 8.42 Å². The summed E-state index contributed by atoms with van der Waals surface area (Å²) in [5.74, 6) is 0. The molecule has 0 aliphatic heterocycles. The molecule has 6 nitrogen and oxygen atoms in total. The second-order valence-corrected chi connectivity index (χ2v) is 6.39. The number of nitrogens with zero attached hydrogens (tertiary/aromatic N) is 2. The summed E-state index contributed by atoms with van der Waals surface area (Å²) >= 11 is 0. The molecule has 0 saturated heterocycles. The maximum atomic E-state index is 12.3. The molecule has 7 heteroatoms. The van der Waals surface area contributed by atoms with E-state index in [1.54, 1.807) is 30.3 Å². The molecular weight excluding hydrogens is 288 g/mol. The number of sulfonamides is 1. The van der Waals surface area contributed by atoms with Gasteiger partial charge in [0, 0.05) is 12.2 Å². The number of hydrogen-bond donors (Lipinski definition) is 2. The zero-order valence-corrected chi connectivity index (χ0v) is 12.5. The summed E-state index contributed by atoms with van der Waals surface area (Å²) in [5.41, 5.74) is 7.30. The predicted octanol–water partition coefficient (Wildman–Crippen LogP) is 1.36. The summed E-state index contributed by atoms with van der Waals surface area (Å²) in [6.45, 7) is 2.05. The third kappa shape index (κ3) is 4.07. The van der Waals surface area contributed by atoms with Gasteiger partial charge in [0.15, 0.2) is 0 Å². The molecule has 1 atom stereocenters. The number of benzene rings is 1. The quantitative estimate of drug-likeness (QED) is 0.840. The minimum Gasteiger partial charge on any atom is -0.324 e. The SMILES string of the molecule is CCC(N)c1cccc(S(=O)(=O)NCc2cccnn2)c1. The molecule has 0 aliphatic carbocycles. The van der Waals surface area contributed by atoms with E-state index in [1.807, 2.05) is 13.0 Å². The minimum absolute atomic E-state index is 0.0975. The first-order chi connectivity index (χ1) is 10.0. The zero-order valence-electron chi connectivity index (χ0n) is 11.7. The van der Waals surface area contributed by atoms with Gasteiger partial charge in [-0.1, -0.05) is 19.1 Å². The van der Waals surface area contributed by atoms with Crippen LogP contribution in [0.2, 0.25) is 0 Å². The van der Waals surface area contributed by atoms with Gasteiger partial charge < -0.3 is 5.73 Å². The number of nitrogens with two attached hydrogens (primary N) is 1. The second-order valence-electron chi connectivity index (χ2n) is 4.63. The van der Waals surface area contributed by atoms with Gasteiger partial charge in [-0.3, -0.25) is 0 Å². The molecule has 0 spiro atoms. The van der Waals surface area contributed by atoms with Crippen molar-refractivity contribution in [3.05, 3.63) is 53.9 Å². The van der Waals surface area contributed by atoms with Crippen LogP contribution >= 0.6 is 0 Å². The van der Waals surface area contributed by atoms with E-state index < -0.39 is 10.0 Å². The third-order valence-corrected chi connectivity index (χ3v) is 4.51. The summed E-state index contributed by atoms with van der Waals surface area (Å²) in [4.78, 5) is 0.202. The Morgan fingerprint density at radius 2 is 2.10 bits per heavy atom. The van der Waals surface area contributed by atoms with Crippen molar-refractivity contribution >= 4 is 10.0 Å². The Hall–Kier alpha value is -1.83. The minimum atomic E-state index is -3.60. The Kier molecular flexibility index (Phi) is 5.00. The number of aromatic nitrogens is 2. The van der Waals surface area contributed by atoms with E-state index in [4.69, 9.17) is 5.73 Å². The van der Waals surface area contributed by atoms with Crippen molar-refractivity contribution in [3.63, 3.8) is 0 Å². The third-order valence-electron chi connectivity index (χ3n) is 3.11. The van der Waals surface area contributed by atoms with Crippen molar-refractivity contribution in [1.82, 2.24) is 14.9 Å². The highest BCUT2D eigenvalue weighted by Crippen LogP contribution is 2.18. The molecule has 0 amide bonds. The summed E-state index contributed by atoms with van der Waals surface area (Å²) in [6, 6.07) is 9.92. The fourth-order valence-corrected chi connectivity index (χ4v) is 2.88. The Balaban J connectivity index is 2.16. The molecular formula is C14H18N4O2S. The average Bonchev–Trinajstić information content (AvgIpc) is 2.53. The van der Waals surface area contributed by atoms with Crippen molar-refractivity contribution in [2.45, 2.75) is 30.8 Å². The van der Waals surface area contributed by atoms with Gasteiger partial charge in [0.25, 0.3) is 0 Å². The van der Waals surface area contributed by atoms with Crippen molar-refractivity contribution in [2.75, 3.05) is 0 Å². The lowest BCUT2D eigenvalue weighted by Crippen LogP contribution is -2.24.